The highest BCUT2D eigenvalue weighted by Gasteiger charge is 2.07. The number of pyridine rings is 1. The maximum atomic E-state index is 5.15. The third-order valence-electron chi connectivity index (χ3n) is 2.07. The predicted octanol–water partition coefficient (Wildman–Crippen LogP) is 1.25. The lowest BCUT2D eigenvalue weighted by molar-refractivity contribution is 0.167. The van der Waals surface area contributed by atoms with E-state index in [1.807, 2.05) is 12.3 Å². The standard InChI is InChI=1S/C11H18N2O/c1-3-13-11(9-14-2)7-10-5-4-6-12-8-10/h4-6,8,11,13H,3,7,9H2,1-2H3. The summed E-state index contributed by atoms with van der Waals surface area (Å²) in [5.74, 6) is 0. The summed E-state index contributed by atoms with van der Waals surface area (Å²) in [7, 11) is 1.73. The molecule has 0 fully saturated rings. The third-order valence-corrected chi connectivity index (χ3v) is 2.07. The first-order valence-electron chi connectivity index (χ1n) is 4.98. The number of nitrogens with one attached hydrogen (secondary N) is 1. The molecule has 1 unspecified atom stereocenters. The van der Waals surface area contributed by atoms with E-state index in [2.05, 4.69) is 23.3 Å². The van der Waals surface area contributed by atoms with Gasteiger partial charge >= 0.3 is 0 Å². The quantitative estimate of drug-likeness (QED) is 0.740. The van der Waals surface area contributed by atoms with Crippen LogP contribution in [0.3, 0.4) is 0 Å². The van der Waals surface area contributed by atoms with Crippen LogP contribution < -0.4 is 5.32 Å². The highest BCUT2D eigenvalue weighted by Crippen LogP contribution is 2.01. The number of hydrogen-bond acceptors (Lipinski definition) is 3. The molecule has 1 heterocycles. The molecular formula is C11H18N2O. The molecule has 0 aromatic carbocycles. The van der Waals surface area contributed by atoms with E-state index < -0.39 is 0 Å². The molecule has 0 bridgehead atoms. The molecule has 1 aromatic heterocycles. The minimum Gasteiger partial charge on any atom is -0.383 e. The van der Waals surface area contributed by atoms with Gasteiger partial charge in [0, 0.05) is 25.5 Å². The first kappa shape index (κ1) is 11.1. The van der Waals surface area contributed by atoms with Gasteiger partial charge in [-0.2, -0.15) is 0 Å². The van der Waals surface area contributed by atoms with Crippen molar-refractivity contribution in [2.45, 2.75) is 19.4 Å². The molecule has 3 heteroatoms. The maximum absolute atomic E-state index is 5.15. The molecule has 1 atom stereocenters. The van der Waals surface area contributed by atoms with Gasteiger partial charge in [0.25, 0.3) is 0 Å². The molecule has 3 nitrogen and oxygen atoms in total. The van der Waals surface area contributed by atoms with Gasteiger partial charge in [-0.25, -0.2) is 0 Å². The highest BCUT2D eigenvalue weighted by molar-refractivity contribution is 5.10. The second-order valence-electron chi connectivity index (χ2n) is 3.28. The molecule has 0 saturated heterocycles. The van der Waals surface area contributed by atoms with Gasteiger partial charge in [0.15, 0.2) is 0 Å². The largest absolute Gasteiger partial charge is 0.383 e. The van der Waals surface area contributed by atoms with E-state index in [1.165, 1.54) is 5.56 Å². The molecule has 0 aliphatic heterocycles. The van der Waals surface area contributed by atoms with Crippen LogP contribution in [0.15, 0.2) is 24.5 Å². The lowest BCUT2D eigenvalue weighted by Gasteiger charge is -2.16. The molecule has 0 amide bonds. The molecule has 0 aliphatic rings. The number of rotatable bonds is 6. The first-order valence-corrected chi connectivity index (χ1v) is 4.98. The summed E-state index contributed by atoms with van der Waals surface area (Å²) < 4.78 is 5.15. The number of hydrogen-bond donors (Lipinski definition) is 1. The molecule has 1 rings (SSSR count). The third kappa shape index (κ3) is 3.85. The molecular weight excluding hydrogens is 176 g/mol. The highest BCUT2D eigenvalue weighted by atomic mass is 16.5. The Labute approximate surface area is 85.5 Å². The average Bonchev–Trinajstić information content (AvgIpc) is 2.20. The summed E-state index contributed by atoms with van der Waals surface area (Å²) >= 11 is 0. The van der Waals surface area contributed by atoms with Crippen molar-refractivity contribution in [3.8, 4) is 0 Å². The maximum Gasteiger partial charge on any atom is 0.0619 e. The lowest BCUT2D eigenvalue weighted by Crippen LogP contribution is -2.34. The molecule has 0 spiro atoms. The van der Waals surface area contributed by atoms with Gasteiger partial charge in [-0.05, 0) is 24.6 Å². The van der Waals surface area contributed by atoms with Gasteiger partial charge in [-0.15, -0.1) is 0 Å². The summed E-state index contributed by atoms with van der Waals surface area (Å²) in [6.07, 6.45) is 4.66. The predicted molar refractivity (Wildman–Crippen MR) is 57.3 cm³/mol. The molecule has 1 aromatic rings. The Morgan fingerprint density at radius 1 is 1.57 bits per heavy atom. The van der Waals surface area contributed by atoms with Crippen molar-refractivity contribution in [3.63, 3.8) is 0 Å². The van der Waals surface area contributed by atoms with E-state index >= 15 is 0 Å². The SMILES string of the molecule is CCNC(COC)Cc1cccnc1. The van der Waals surface area contributed by atoms with Gasteiger partial charge in [0.05, 0.1) is 6.61 Å². The lowest BCUT2D eigenvalue weighted by atomic mass is 10.1. The van der Waals surface area contributed by atoms with E-state index in [9.17, 15) is 0 Å². The van der Waals surface area contributed by atoms with Gasteiger partial charge in [0.1, 0.15) is 0 Å². The molecule has 1 N–H and O–H groups in total. The van der Waals surface area contributed by atoms with E-state index in [0.29, 0.717) is 6.04 Å². The second-order valence-corrected chi connectivity index (χ2v) is 3.28. The fraction of sp³-hybridized carbons (Fsp3) is 0.545. The Morgan fingerprint density at radius 3 is 3.00 bits per heavy atom. The van der Waals surface area contributed by atoms with Crippen LogP contribution in [0.4, 0.5) is 0 Å². The summed E-state index contributed by atoms with van der Waals surface area (Å²) in [6.45, 7) is 3.81. The van der Waals surface area contributed by atoms with Crippen molar-refractivity contribution in [2.24, 2.45) is 0 Å². The van der Waals surface area contributed by atoms with Crippen LogP contribution in [0.2, 0.25) is 0 Å². The van der Waals surface area contributed by atoms with Crippen LogP contribution in [-0.4, -0.2) is 31.3 Å². The summed E-state index contributed by atoms with van der Waals surface area (Å²) in [6, 6.07) is 4.44. The number of methoxy groups -OCH3 is 1. The Balaban J connectivity index is 2.46. The van der Waals surface area contributed by atoms with E-state index in [1.54, 1.807) is 13.3 Å². The molecule has 78 valence electrons. The summed E-state index contributed by atoms with van der Waals surface area (Å²) in [5, 5.41) is 3.38. The molecule has 0 aliphatic carbocycles. The second kappa shape index (κ2) is 6.51. The number of nitrogens with zero attached hydrogens (tertiary/aromatic N) is 1. The normalized spacial score (nSPS) is 12.7. The summed E-state index contributed by atoms with van der Waals surface area (Å²) in [4.78, 5) is 4.09. The van der Waals surface area contributed by atoms with Gasteiger partial charge in [-0.1, -0.05) is 13.0 Å². The Morgan fingerprint density at radius 2 is 2.43 bits per heavy atom. The van der Waals surface area contributed by atoms with Crippen LogP contribution in [0.25, 0.3) is 0 Å². The van der Waals surface area contributed by atoms with E-state index in [4.69, 9.17) is 4.74 Å². The average molecular weight is 194 g/mol. The fourth-order valence-corrected chi connectivity index (χ4v) is 1.48. The fourth-order valence-electron chi connectivity index (χ4n) is 1.48. The number of likely N-dealkylation sites (N-methyl/N-ethyl adjacent to an activating group) is 1. The van der Waals surface area contributed by atoms with Crippen molar-refractivity contribution in [1.82, 2.24) is 10.3 Å². The summed E-state index contributed by atoms with van der Waals surface area (Å²) in [5.41, 5.74) is 1.25. The zero-order chi connectivity index (χ0) is 10.2. The van der Waals surface area contributed by atoms with Crippen molar-refractivity contribution in [2.75, 3.05) is 20.3 Å². The van der Waals surface area contributed by atoms with Gasteiger partial charge < -0.3 is 10.1 Å². The van der Waals surface area contributed by atoms with E-state index in [-0.39, 0.29) is 0 Å². The molecule has 0 saturated carbocycles. The Hall–Kier alpha value is -0.930. The topological polar surface area (TPSA) is 34.1 Å². The number of aromatic nitrogens is 1. The van der Waals surface area contributed by atoms with Crippen molar-refractivity contribution in [1.29, 1.82) is 0 Å². The van der Waals surface area contributed by atoms with E-state index in [0.717, 1.165) is 19.6 Å². The molecule has 0 radical (unpaired) electrons. The van der Waals surface area contributed by atoms with Crippen LogP contribution in [-0.2, 0) is 11.2 Å². The number of ether oxygens (including phenoxy) is 1. The zero-order valence-corrected chi connectivity index (χ0v) is 8.86. The molecule has 14 heavy (non-hydrogen) atoms. The minimum atomic E-state index is 0.384. The van der Waals surface area contributed by atoms with Gasteiger partial charge in [-0.3, -0.25) is 4.98 Å². The van der Waals surface area contributed by atoms with Crippen molar-refractivity contribution in [3.05, 3.63) is 30.1 Å². The van der Waals surface area contributed by atoms with Crippen LogP contribution >= 0.6 is 0 Å². The smallest absolute Gasteiger partial charge is 0.0619 e. The Kier molecular flexibility index (Phi) is 5.19. The Bertz CT molecular complexity index is 232. The van der Waals surface area contributed by atoms with Crippen molar-refractivity contribution >= 4 is 0 Å². The van der Waals surface area contributed by atoms with Crippen LogP contribution in [0.5, 0.6) is 0 Å². The monoisotopic (exact) mass is 194 g/mol. The van der Waals surface area contributed by atoms with Crippen molar-refractivity contribution < 1.29 is 4.74 Å². The zero-order valence-electron chi connectivity index (χ0n) is 8.86. The van der Waals surface area contributed by atoms with Crippen LogP contribution in [0, 0.1) is 0 Å². The van der Waals surface area contributed by atoms with Crippen LogP contribution in [0.1, 0.15) is 12.5 Å². The minimum absolute atomic E-state index is 0.384. The van der Waals surface area contributed by atoms with Gasteiger partial charge in [0.2, 0.25) is 0 Å². The first-order chi connectivity index (χ1) is 6.86.